The number of aliphatic hydroxyl groups is 4. The molecule has 2 aliphatic rings. The van der Waals surface area contributed by atoms with Gasteiger partial charge in [-0.1, -0.05) is 0 Å². The lowest BCUT2D eigenvalue weighted by Crippen LogP contribution is -2.65. The average molecular weight is 477 g/mol. The predicted molar refractivity (Wildman–Crippen MR) is 116 cm³/mol. The second-order valence-electron chi connectivity index (χ2n) is 7.84. The number of amides is 1. The summed E-state index contributed by atoms with van der Waals surface area (Å²) in [6.45, 7) is 2.04. The number of hydrogen-bond acceptors (Lipinski definition) is 9. The SMILES string of the molecule is CS[C@H]1O[C@H]([C@H](NC(=O)[C@@H]2CC(Sc3ccc(F)cc3)CN2)[C@@H](C)O)[C@H](O)[C@H](O)[C@H]1O. The highest BCUT2D eigenvalue weighted by Crippen LogP contribution is 2.31. The van der Waals surface area contributed by atoms with Gasteiger partial charge in [-0.05, 0) is 43.9 Å². The fourth-order valence-electron chi connectivity index (χ4n) is 3.81. The van der Waals surface area contributed by atoms with E-state index in [1.165, 1.54) is 19.1 Å². The van der Waals surface area contributed by atoms with E-state index >= 15 is 0 Å². The zero-order valence-corrected chi connectivity index (χ0v) is 18.9. The maximum atomic E-state index is 13.1. The quantitative estimate of drug-likeness (QED) is 0.314. The lowest BCUT2D eigenvalue weighted by Gasteiger charge is -2.44. The van der Waals surface area contributed by atoms with Gasteiger partial charge in [-0.2, -0.15) is 0 Å². The molecule has 0 aromatic heterocycles. The standard InChI is InChI=1S/C20H29FN2O6S2/c1-9(24)14(18-16(26)15(25)17(27)20(29-18)30-2)23-19(28)13-7-12(8-22-13)31-11-5-3-10(21)4-6-11/h3-6,9,12-18,20,22,24-27H,7-8H2,1-2H3,(H,23,28)/t9-,12?,13+,14-,15+,16-,17-,18-,20-/m1/s1. The molecule has 2 saturated heterocycles. The summed E-state index contributed by atoms with van der Waals surface area (Å²) in [6, 6.07) is 4.69. The minimum absolute atomic E-state index is 0.112. The fraction of sp³-hybridized carbons (Fsp3) is 0.650. The normalized spacial score (nSPS) is 35.5. The molecule has 0 saturated carbocycles. The second-order valence-corrected chi connectivity index (χ2v) is 10.2. The molecule has 6 N–H and O–H groups in total. The maximum absolute atomic E-state index is 13.1. The summed E-state index contributed by atoms with van der Waals surface area (Å²) in [4.78, 5) is 13.8. The molecule has 0 aliphatic carbocycles. The molecule has 3 rings (SSSR count). The molecule has 1 aromatic carbocycles. The van der Waals surface area contributed by atoms with Crippen LogP contribution in [0.2, 0.25) is 0 Å². The molecular weight excluding hydrogens is 447 g/mol. The van der Waals surface area contributed by atoms with Gasteiger partial charge in [-0.3, -0.25) is 4.79 Å². The Bertz CT molecular complexity index is 741. The minimum Gasteiger partial charge on any atom is -0.391 e. The Labute approximate surface area is 188 Å². The molecule has 2 fully saturated rings. The third-order valence-electron chi connectivity index (χ3n) is 5.54. The van der Waals surface area contributed by atoms with Crippen molar-refractivity contribution in [2.45, 2.75) is 71.5 Å². The van der Waals surface area contributed by atoms with Gasteiger partial charge in [0, 0.05) is 16.7 Å². The van der Waals surface area contributed by atoms with Crippen LogP contribution in [-0.2, 0) is 9.53 Å². The van der Waals surface area contributed by atoms with Gasteiger partial charge in [-0.25, -0.2) is 4.39 Å². The molecule has 8 nitrogen and oxygen atoms in total. The number of nitrogens with one attached hydrogen (secondary N) is 2. The number of ether oxygens (including phenoxy) is 1. The highest BCUT2D eigenvalue weighted by molar-refractivity contribution is 8.00. The lowest BCUT2D eigenvalue weighted by atomic mass is 9.92. The second kappa shape index (κ2) is 10.8. The summed E-state index contributed by atoms with van der Waals surface area (Å²) in [5.74, 6) is -0.658. The van der Waals surface area contributed by atoms with E-state index in [4.69, 9.17) is 4.74 Å². The number of carbonyl (C=O) groups is 1. The predicted octanol–water partition coefficient (Wildman–Crippen LogP) is -0.315. The van der Waals surface area contributed by atoms with E-state index in [0.29, 0.717) is 13.0 Å². The molecule has 0 radical (unpaired) electrons. The van der Waals surface area contributed by atoms with Crippen molar-refractivity contribution in [3.8, 4) is 0 Å². The zero-order chi connectivity index (χ0) is 22.7. The maximum Gasteiger partial charge on any atom is 0.237 e. The van der Waals surface area contributed by atoms with E-state index in [1.807, 2.05) is 0 Å². The van der Waals surface area contributed by atoms with Gasteiger partial charge in [0.2, 0.25) is 5.91 Å². The number of carbonyl (C=O) groups excluding carboxylic acids is 1. The van der Waals surface area contributed by atoms with Crippen LogP contribution in [0.5, 0.6) is 0 Å². The summed E-state index contributed by atoms with van der Waals surface area (Å²) in [5, 5.41) is 46.8. The topological polar surface area (TPSA) is 131 Å². The van der Waals surface area contributed by atoms with Gasteiger partial charge >= 0.3 is 0 Å². The minimum atomic E-state index is -1.48. The Morgan fingerprint density at radius 3 is 2.52 bits per heavy atom. The van der Waals surface area contributed by atoms with Crippen LogP contribution < -0.4 is 10.6 Å². The average Bonchev–Trinajstić information content (AvgIpc) is 3.21. The van der Waals surface area contributed by atoms with Gasteiger partial charge < -0.3 is 35.8 Å². The number of hydrogen-bond donors (Lipinski definition) is 6. The molecule has 2 aliphatic heterocycles. The lowest BCUT2D eigenvalue weighted by molar-refractivity contribution is -0.211. The van der Waals surface area contributed by atoms with Crippen LogP contribution in [0.25, 0.3) is 0 Å². The summed E-state index contributed by atoms with van der Waals surface area (Å²) < 4.78 is 18.8. The third kappa shape index (κ3) is 5.91. The Kier molecular flexibility index (Phi) is 8.61. The zero-order valence-electron chi connectivity index (χ0n) is 17.2. The Morgan fingerprint density at radius 1 is 1.23 bits per heavy atom. The number of thioether (sulfide) groups is 2. The van der Waals surface area contributed by atoms with Crippen LogP contribution in [0.3, 0.4) is 0 Å². The summed E-state index contributed by atoms with van der Waals surface area (Å²) in [7, 11) is 0. The van der Waals surface area contributed by atoms with Crippen LogP contribution in [0.1, 0.15) is 13.3 Å². The first-order valence-electron chi connectivity index (χ1n) is 10.1. The fourth-order valence-corrected chi connectivity index (χ4v) is 5.63. The van der Waals surface area contributed by atoms with Gasteiger partial charge in [0.25, 0.3) is 0 Å². The number of benzene rings is 1. The molecule has 31 heavy (non-hydrogen) atoms. The molecular formula is C20H29FN2O6S2. The van der Waals surface area contributed by atoms with Crippen LogP contribution >= 0.6 is 23.5 Å². The van der Waals surface area contributed by atoms with Crippen molar-refractivity contribution >= 4 is 29.4 Å². The van der Waals surface area contributed by atoms with Crippen molar-refractivity contribution in [2.24, 2.45) is 0 Å². The smallest absolute Gasteiger partial charge is 0.237 e. The van der Waals surface area contributed by atoms with Crippen LogP contribution in [-0.4, -0.2) is 92.4 Å². The summed E-state index contributed by atoms with van der Waals surface area (Å²) in [6.07, 6.45) is -4.17. The van der Waals surface area contributed by atoms with E-state index in [-0.39, 0.29) is 17.0 Å². The molecule has 0 spiro atoms. The summed E-state index contributed by atoms with van der Waals surface area (Å²) >= 11 is 2.71. The molecule has 1 amide bonds. The largest absolute Gasteiger partial charge is 0.391 e. The first kappa shape index (κ1) is 24.7. The Morgan fingerprint density at radius 2 is 1.90 bits per heavy atom. The van der Waals surface area contributed by atoms with Crippen molar-refractivity contribution in [2.75, 3.05) is 12.8 Å². The molecule has 9 atom stereocenters. The van der Waals surface area contributed by atoms with Crippen molar-refractivity contribution in [1.29, 1.82) is 0 Å². The van der Waals surface area contributed by atoms with Gasteiger partial charge in [0.05, 0.1) is 18.2 Å². The van der Waals surface area contributed by atoms with Gasteiger partial charge in [-0.15, -0.1) is 23.5 Å². The van der Waals surface area contributed by atoms with Gasteiger partial charge in [0.15, 0.2) is 0 Å². The first-order valence-corrected chi connectivity index (χ1v) is 12.2. The number of rotatable bonds is 7. The first-order chi connectivity index (χ1) is 14.7. The molecule has 1 aromatic rings. The van der Waals surface area contributed by atoms with Crippen molar-refractivity contribution in [3.05, 3.63) is 30.1 Å². The Hall–Kier alpha value is -0.920. The van der Waals surface area contributed by atoms with Crippen molar-refractivity contribution in [3.63, 3.8) is 0 Å². The van der Waals surface area contributed by atoms with E-state index in [2.05, 4.69) is 10.6 Å². The van der Waals surface area contributed by atoms with E-state index in [0.717, 1.165) is 16.7 Å². The molecule has 11 heteroatoms. The monoisotopic (exact) mass is 476 g/mol. The van der Waals surface area contributed by atoms with E-state index in [1.54, 1.807) is 30.2 Å². The number of aliphatic hydroxyl groups excluding tert-OH is 4. The van der Waals surface area contributed by atoms with Gasteiger partial charge in [0.1, 0.15) is 35.7 Å². The van der Waals surface area contributed by atoms with Crippen LogP contribution in [0.4, 0.5) is 4.39 Å². The van der Waals surface area contributed by atoms with E-state index in [9.17, 15) is 29.6 Å². The van der Waals surface area contributed by atoms with Crippen LogP contribution in [0.15, 0.2) is 29.2 Å². The molecule has 1 unspecified atom stereocenters. The van der Waals surface area contributed by atoms with Crippen LogP contribution in [0, 0.1) is 5.82 Å². The summed E-state index contributed by atoms with van der Waals surface area (Å²) in [5.41, 5.74) is -0.803. The number of halogens is 1. The van der Waals surface area contributed by atoms with Crippen molar-refractivity contribution in [1.82, 2.24) is 10.6 Å². The molecule has 2 heterocycles. The van der Waals surface area contributed by atoms with E-state index < -0.39 is 48.0 Å². The highest BCUT2D eigenvalue weighted by atomic mass is 32.2. The molecule has 0 bridgehead atoms. The molecule has 174 valence electrons. The highest BCUT2D eigenvalue weighted by Gasteiger charge is 2.48. The third-order valence-corrected chi connectivity index (χ3v) is 7.64. The Balaban J connectivity index is 1.61. The van der Waals surface area contributed by atoms with Crippen molar-refractivity contribution < 1.29 is 34.3 Å².